The van der Waals surface area contributed by atoms with Gasteiger partial charge in [-0.3, -0.25) is 0 Å². The Balaban J connectivity index is 1.67. The fourth-order valence-electron chi connectivity index (χ4n) is 2.19. The lowest BCUT2D eigenvalue weighted by molar-refractivity contribution is 0.0601. The number of methoxy groups -OCH3 is 1. The molecule has 0 fully saturated rings. The average molecular weight is 323 g/mol. The van der Waals surface area contributed by atoms with Crippen LogP contribution in [0.15, 0.2) is 52.9 Å². The maximum Gasteiger partial charge on any atom is 0.337 e. The molecule has 0 bridgehead atoms. The van der Waals surface area contributed by atoms with Crippen molar-refractivity contribution in [1.82, 2.24) is 10.2 Å². The summed E-state index contributed by atoms with van der Waals surface area (Å²) in [4.78, 5) is 11.5. The van der Waals surface area contributed by atoms with E-state index in [4.69, 9.17) is 9.15 Å². The van der Waals surface area contributed by atoms with Crippen LogP contribution in [-0.2, 0) is 11.3 Å². The number of ether oxygens (including phenoxy) is 1. The Bertz CT molecular complexity index is 841. The highest BCUT2D eigenvalue weighted by atomic mass is 16.5. The van der Waals surface area contributed by atoms with Crippen molar-refractivity contribution in [1.29, 1.82) is 0 Å². The molecule has 122 valence electrons. The predicted octanol–water partition coefficient (Wildman–Crippen LogP) is 3.44. The highest BCUT2D eigenvalue weighted by molar-refractivity contribution is 5.90. The molecule has 1 heterocycles. The summed E-state index contributed by atoms with van der Waals surface area (Å²) in [6, 6.07) is 14.9. The van der Waals surface area contributed by atoms with E-state index in [0.29, 0.717) is 23.9 Å². The number of hydrogen-bond donors (Lipinski definition) is 1. The Kier molecular flexibility index (Phi) is 4.56. The fourth-order valence-corrected chi connectivity index (χ4v) is 2.19. The smallest absolute Gasteiger partial charge is 0.337 e. The molecular formula is C18H17N3O3. The molecule has 0 atom stereocenters. The summed E-state index contributed by atoms with van der Waals surface area (Å²) < 4.78 is 10.4. The number of aryl methyl sites for hydroxylation is 1. The summed E-state index contributed by atoms with van der Waals surface area (Å²) in [5.41, 5.74) is 3.30. The van der Waals surface area contributed by atoms with Crippen LogP contribution in [0.25, 0.3) is 11.5 Å². The van der Waals surface area contributed by atoms with Gasteiger partial charge in [-0.1, -0.05) is 23.8 Å². The van der Waals surface area contributed by atoms with Crippen LogP contribution in [-0.4, -0.2) is 23.3 Å². The number of nitrogens with one attached hydrogen (secondary N) is 1. The van der Waals surface area contributed by atoms with Crippen LogP contribution in [0, 0.1) is 6.92 Å². The van der Waals surface area contributed by atoms with Crippen LogP contribution in [0.4, 0.5) is 5.69 Å². The number of nitrogens with zero attached hydrogens (tertiary/aromatic N) is 2. The highest BCUT2D eigenvalue weighted by Gasteiger charge is 2.09. The van der Waals surface area contributed by atoms with E-state index in [2.05, 4.69) is 15.5 Å². The van der Waals surface area contributed by atoms with Gasteiger partial charge in [0, 0.05) is 11.3 Å². The fraction of sp³-hybridized carbons (Fsp3) is 0.167. The van der Waals surface area contributed by atoms with Crippen LogP contribution in [0.3, 0.4) is 0 Å². The molecule has 0 aliphatic carbocycles. The van der Waals surface area contributed by atoms with Crippen LogP contribution in [0.1, 0.15) is 21.8 Å². The zero-order valence-corrected chi connectivity index (χ0v) is 13.4. The molecule has 6 nitrogen and oxygen atoms in total. The Morgan fingerprint density at radius 3 is 2.71 bits per heavy atom. The molecular weight excluding hydrogens is 306 g/mol. The molecule has 2 aromatic carbocycles. The van der Waals surface area contributed by atoms with Gasteiger partial charge < -0.3 is 14.5 Å². The first kappa shape index (κ1) is 15.7. The standard InChI is InChI=1S/C18H17N3O3/c1-12-6-8-13(9-7-12)17-21-20-16(24-17)11-19-15-5-3-4-14(10-15)18(22)23-2/h3-10,19H,11H2,1-2H3. The number of esters is 1. The quantitative estimate of drug-likeness (QED) is 0.725. The Morgan fingerprint density at radius 1 is 1.17 bits per heavy atom. The Hall–Kier alpha value is -3.15. The molecule has 3 rings (SSSR count). The van der Waals surface area contributed by atoms with Gasteiger partial charge in [-0.15, -0.1) is 10.2 Å². The highest BCUT2D eigenvalue weighted by Crippen LogP contribution is 2.19. The first-order valence-corrected chi connectivity index (χ1v) is 7.47. The van der Waals surface area contributed by atoms with Gasteiger partial charge in [0.05, 0.1) is 19.2 Å². The van der Waals surface area contributed by atoms with Crippen molar-refractivity contribution < 1.29 is 13.9 Å². The van der Waals surface area contributed by atoms with Crippen molar-refractivity contribution in [2.75, 3.05) is 12.4 Å². The minimum absolute atomic E-state index is 0.365. The molecule has 0 radical (unpaired) electrons. The first-order chi connectivity index (χ1) is 11.7. The third-order valence-electron chi connectivity index (χ3n) is 3.49. The summed E-state index contributed by atoms with van der Waals surface area (Å²) in [5, 5.41) is 11.2. The van der Waals surface area contributed by atoms with Gasteiger partial charge in [0.1, 0.15) is 0 Å². The van der Waals surface area contributed by atoms with E-state index in [1.165, 1.54) is 12.7 Å². The van der Waals surface area contributed by atoms with Crippen molar-refractivity contribution in [2.45, 2.75) is 13.5 Å². The van der Waals surface area contributed by atoms with Crippen LogP contribution < -0.4 is 5.32 Å². The summed E-state index contributed by atoms with van der Waals surface area (Å²) in [6.45, 7) is 2.39. The molecule has 3 aromatic rings. The van der Waals surface area contributed by atoms with Gasteiger partial charge in [-0.2, -0.15) is 0 Å². The van der Waals surface area contributed by atoms with Gasteiger partial charge in [0.15, 0.2) is 0 Å². The maximum atomic E-state index is 11.5. The minimum atomic E-state index is -0.377. The van der Waals surface area contributed by atoms with Gasteiger partial charge >= 0.3 is 5.97 Å². The molecule has 6 heteroatoms. The Morgan fingerprint density at radius 2 is 1.96 bits per heavy atom. The first-order valence-electron chi connectivity index (χ1n) is 7.47. The normalized spacial score (nSPS) is 10.4. The monoisotopic (exact) mass is 323 g/mol. The van der Waals surface area contributed by atoms with E-state index in [9.17, 15) is 4.79 Å². The second kappa shape index (κ2) is 6.95. The molecule has 1 aromatic heterocycles. The number of rotatable bonds is 5. The Labute approximate surface area is 139 Å². The molecule has 0 aliphatic rings. The number of benzene rings is 2. The molecule has 0 saturated carbocycles. The molecule has 0 unspecified atom stereocenters. The molecule has 0 spiro atoms. The van der Waals surface area contributed by atoms with Crippen molar-refractivity contribution in [3.05, 3.63) is 65.5 Å². The third kappa shape index (κ3) is 3.60. The largest absolute Gasteiger partial charge is 0.465 e. The molecule has 0 saturated heterocycles. The predicted molar refractivity (Wildman–Crippen MR) is 89.6 cm³/mol. The summed E-state index contributed by atoms with van der Waals surface area (Å²) in [6.07, 6.45) is 0. The van der Waals surface area contributed by atoms with Crippen LogP contribution in [0.2, 0.25) is 0 Å². The average Bonchev–Trinajstić information content (AvgIpc) is 3.09. The minimum Gasteiger partial charge on any atom is -0.465 e. The zero-order valence-electron chi connectivity index (χ0n) is 13.4. The molecule has 0 aliphatic heterocycles. The van der Waals surface area contributed by atoms with Crippen LogP contribution >= 0.6 is 0 Å². The van der Waals surface area contributed by atoms with E-state index < -0.39 is 0 Å². The number of anilines is 1. The number of aromatic nitrogens is 2. The SMILES string of the molecule is COC(=O)c1cccc(NCc2nnc(-c3ccc(C)cc3)o2)c1. The van der Waals surface area contributed by atoms with E-state index in [1.54, 1.807) is 18.2 Å². The van der Waals surface area contributed by atoms with Gasteiger partial charge in [-0.25, -0.2) is 4.79 Å². The lowest BCUT2D eigenvalue weighted by Gasteiger charge is -2.05. The number of carbonyl (C=O) groups is 1. The van der Waals surface area contributed by atoms with Crippen molar-refractivity contribution in [2.24, 2.45) is 0 Å². The molecule has 0 amide bonds. The number of hydrogen-bond acceptors (Lipinski definition) is 6. The van der Waals surface area contributed by atoms with Crippen molar-refractivity contribution in [3.8, 4) is 11.5 Å². The topological polar surface area (TPSA) is 77.2 Å². The van der Waals surface area contributed by atoms with Gasteiger partial charge in [-0.05, 0) is 37.3 Å². The third-order valence-corrected chi connectivity index (χ3v) is 3.49. The van der Waals surface area contributed by atoms with Crippen molar-refractivity contribution >= 4 is 11.7 Å². The second-order valence-electron chi connectivity index (χ2n) is 5.29. The number of carbonyl (C=O) groups excluding carboxylic acids is 1. The summed E-state index contributed by atoms with van der Waals surface area (Å²) in [5.74, 6) is 0.572. The van der Waals surface area contributed by atoms with E-state index in [-0.39, 0.29) is 5.97 Å². The second-order valence-corrected chi connectivity index (χ2v) is 5.29. The van der Waals surface area contributed by atoms with E-state index in [0.717, 1.165) is 11.3 Å². The van der Waals surface area contributed by atoms with Gasteiger partial charge in [0.25, 0.3) is 0 Å². The van der Waals surface area contributed by atoms with Crippen molar-refractivity contribution in [3.63, 3.8) is 0 Å². The van der Waals surface area contributed by atoms with Gasteiger partial charge in [0.2, 0.25) is 11.8 Å². The summed E-state index contributed by atoms with van der Waals surface area (Å²) >= 11 is 0. The molecule has 1 N–H and O–H groups in total. The lowest BCUT2D eigenvalue weighted by Crippen LogP contribution is -2.04. The maximum absolute atomic E-state index is 11.5. The summed E-state index contributed by atoms with van der Waals surface area (Å²) in [7, 11) is 1.35. The molecule has 24 heavy (non-hydrogen) atoms. The van der Waals surface area contributed by atoms with E-state index in [1.807, 2.05) is 37.3 Å². The van der Waals surface area contributed by atoms with E-state index >= 15 is 0 Å². The van der Waals surface area contributed by atoms with Crippen LogP contribution in [0.5, 0.6) is 0 Å². The zero-order chi connectivity index (χ0) is 16.9. The lowest BCUT2D eigenvalue weighted by atomic mass is 10.1.